The standard InChI is InChI=1S/C19H35NO3/c1-3-5-6-7-8-9-10-11-12-13-14-16-18(21)20-17(15-4-2)19(22)23/h15H,3-14,16H2,1-2H3,(H,20,21)(H,22,23). The number of rotatable bonds is 15. The smallest absolute Gasteiger partial charge is 0.352 e. The van der Waals surface area contributed by atoms with Crippen molar-refractivity contribution >= 4 is 11.9 Å². The van der Waals surface area contributed by atoms with Crippen LogP contribution in [0.1, 0.15) is 97.3 Å². The molecule has 0 bridgehead atoms. The number of carbonyl (C=O) groups excluding carboxylic acids is 1. The monoisotopic (exact) mass is 325 g/mol. The second-order valence-corrected chi connectivity index (χ2v) is 6.16. The van der Waals surface area contributed by atoms with Gasteiger partial charge < -0.3 is 10.4 Å². The van der Waals surface area contributed by atoms with Gasteiger partial charge in [-0.15, -0.1) is 0 Å². The number of aliphatic carboxylic acids is 1. The van der Waals surface area contributed by atoms with E-state index < -0.39 is 5.97 Å². The van der Waals surface area contributed by atoms with E-state index in [1.165, 1.54) is 63.9 Å². The van der Waals surface area contributed by atoms with E-state index >= 15 is 0 Å². The summed E-state index contributed by atoms with van der Waals surface area (Å²) in [4.78, 5) is 22.6. The van der Waals surface area contributed by atoms with Gasteiger partial charge in [-0.05, 0) is 12.8 Å². The number of carbonyl (C=O) groups is 2. The van der Waals surface area contributed by atoms with Crippen LogP contribution in [0, 0.1) is 0 Å². The summed E-state index contributed by atoms with van der Waals surface area (Å²) in [5, 5.41) is 11.4. The van der Waals surface area contributed by atoms with Gasteiger partial charge in [0.15, 0.2) is 0 Å². The lowest BCUT2D eigenvalue weighted by Gasteiger charge is -2.06. The molecular formula is C19H35NO3. The average molecular weight is 325 g/mol. The molecule has 4 nitrogen and oxygen atoms in total. The summed E-state index contributed by atoms with van der Waals surface area (Å²) in [7, 11) is 0. The van der Waals surface area contributed by atoms with E-state index in [4.69, 9.17) is 5.11 Å². The molecule has 0 aliphatic heterocycles. The summed E-state index contributed by atoms with van der Waals surface area (Å²) in [5.74, 6) is -1.26. The molecule has 0 aliphatic rings. The highest BCUT2D eigenvalue weighted by Crippen LogP contribution is 2.12. The van der Waals surface area contributed by atoms with Crippen molar-refractivity contribution in [3.05, 3.63) is 11.8 Å². The molecular weight excluding hydrogens is 290 g/mol. The van der Waals surface area contributed by atoms with Gasteiger partial charge in [-0.2, -0.15) is 0 Å². The zero-order chi connectivity index (χ0) is 17.3. The van der Waals surface area contributed by atoms with Crippen molar-refractivity contribution < 1.29 is 14.7 Å². The van der Waals surface area contributed by atoms with Gasteiger partial charge in [0.25, 0.3) is 0 Å². The molecule has 0 aromatic rings. The van der Waals surface area contributed by atoms with Crippen LogP contribution < -0.4 is 5.32 Å². The lowest BCUT2D eigenvalue weighted by molar-refractivity contribution is -0.134. The zero-order valence-electron chi connectivity index (χ0n) is 15.0. The fourth-order valence-electron chi connectivity index (χ4n) is 2.56. The average Bonchev–Trinajstić information content (AvgIpc) is 2.52. The summed E-state index contributed by atoms with van der Waals surface area (Å²) in [6.45, 7) is 4.09. The molecule has 0 fully saturated rings. The van der Waals surface area contributed by atoms with Gasteiger partial charge in [-0.3, -0.25) is 4.79 Å². The van der Waals surface area contributed by atoms with Crippen molar-refractivity contribution in [1.29, 1.82) is 0 Å². The van der Waals surface area contributed by atoms with Crippen LogP contribution >= 0.6 is 0 Å². The molecule has 0 aromatic heterocycles. The number of carboxylic acids is 1. The molecule has 0 heterocycles. The summed E-state index contributed by atoms with van der Waals surface area (Å²) < 4.78 is 0. The number of hydrogen-bond donors (Lipinski definition) is 2. The van der Waals surface area contributed by atoms with Crippen molar-refractivity contribution in [1.82, 2.24) is 5.32 Å². The minimum Gasteiger partial charge on any atom is -0.477 e. The van der Waals surface area contributed by atoms with E-state index in [1.54, 1.807) is 0 Å². The first-order chi connectivity index (χ1) is 11.1. The Morgan fingerprint density at radius 3 is 1.74 bits per heavy atom. The maximum absolute atomic E-state index is 11.7. The van der Waals surface area contributed by atoms with Crippen LogP contribution in [-0.2, 0) is 9.59 Å². The third-order valence-electron chi connectivity index (χ3n) is 3.92. The van der Waals surface area contributed by atoms with E-state index in [-0.39, 0.29) is 11.6 Å². The van der Waals surface area contributed by atoms with Crippen LogP contribution in [0.25, 0.3) is 0 Å². The summed E-state index contributed by atoms with van der Waals surface area (Å²) in [6.07, 6.45) is 16.2. The topological polar surface area (TPSA) is 66.4 Å². The first-order valence-corrected chi connectivity index (χ1v) is 9.35. The Labute approximate surface area is 141 Å². The van der Waals surface area contributed by atoms with Crippen LogP contribution in [-0.4, -0.2) is 17.0 Å². The van der Waals surface area contributed by atoms with Crippen LogP contribution in [0.5, 0.6) is 0 Å². The Balaban J connectivity index is 3.49. The van der Waals surface area contributed by atoms with Crippen molar-refractivity contribution in [2.45, 2.75) is 97.3 Å². The number of nitrogens with one attached hydrogen (secondary N) is 1. The molecule has 0 radical (unpaired) electrons. The van der Waals surface area contributed by atoms with E-state index in [1.807, 2.05) is 6.92 Å². The van der Waals surface area contributed by atoms with E-state index in [0.717, 1.165) is 12.8 Å². The number of amides is 1. The molecule has 0 rings (SSSR count). The van der Waals surface area contributed by atoms with Gasteiger partial charge in [0, 0.05) is 6.42 Å². The van der Waals surface area contributed by atoms with Gasteiger partial charge in [0.05, 0.1) is 0 Å². The van der Waals surface area contributed by atoms with Crippen LogP contribution in [0.3, 0.4) is 0 Å². The summed E-state index contributed by atoms with van der Waals surface area (Å²) in [5.41, 5.74) is 0.000531. The van der Waals surface area contributed by atoms with Crippen LogP contribution in [0.2, 0.25) is 0 Å². The van der Waals surface area contributed by atoms with Crippen LogP contribution in [0.4, 0.5) is 0 Å². The van der Waals surface area contributed by atoms with Gasteiger partial charge in [0.2, 0.25) is 5.91 Å². The minimum absolute atomic E-state index is 0.000531. The fraction of sp³-hybridized carbons (Fsp3) is 0.789. The molecule has 4 heteroatoms. The maximum atomic E-state index is 11.7. The lowest BCUT2D eigenvalue weighted by atomic mass is 10.1. The second-order valence-electron chi connectivity index (χ2n) is 6.16. The van der Waals surface area contributed by atoms with Crippen molar-refractivity contribution in [3.63, 3.8) is 0 Å². The highest BCUT2D eigenvalue weighted by Gasteiger charge is 2.10. The van der Waals surface area contributed by atoms with Gasteiger partial charge in [-0.25, -0.2) is 4.79 Å². The van der Waals surface area contributed by atoms with Crippen molar-refractivity contribution in [2.24, 2.45) is 0 Å². The Hall–Kier alpha value is -1.32. The second kappa shape index (κ2) is 15.6. The molecule has 0 saturated carbocycles. The number of carboxylic acid groups (broad SMARTS) is 1. The molecule has 134 valence electrons. The fourth-order valence-corrected chi connectivity index (χ4v) is 2.56. The normalized spacial score (nSPS) is 11.5. The van der Waals surface area contributed by atoms with Gasteiger partial charge in [0.1, 0.15) is 5.70 Å². The molecule has 0 atom stereocenters. The zero-order valence-corrected chi connectivity index (χ0v) is 15.0. The number of allylic oxidation sites excluding steroid dienone is 1. The summed E-state index contributed by atoms with van der Waals surface area (Å²) >= 11 is 0. The Morgan fingerprint density at radius 1 is 0.826 bits per heavy atom. The lowest BCUT2D eigenvalue weighted by Crippen LogP contribution is -2.27. The summed E-state index contributed by atoms with van der Waals surface area (Å²) in [6, 6.07) is 0. The molecule has 2 N–H and O–H groups in total. The predicted molar refractivity (Wildman–Crippen MR) is 95.2 cm³/mol. The number of unbranched alkanes of at least 4 members (excludes halogenated alkanes) is 10. The van der Waals surface area contributed by atoms with Crippen molar-refractivity contribution in [2.75, 3.05) is 0 Å². The van der Waals surface area contributed by atoms with E-state index in [9.17, 15) is 9.59 Å². The molecule has 23 heavy (non-hydrogen) atoms. The third kappa shape index (κ3) is 14.0. The van der Waals surface area contributed by atoms with Crippen molar-refractivity contribution in [3.8, 4) is 0 Å². The van der Waals surface area contributed by atoms with Gasteiger partial charge >= 0.3 is 5.97 Å². The maximum Gasteiger partial charge on any atom is 0.352 e. The predicted octanol–water partition coefficient (Wildman–Crippen LogP) is 5.18. The Kier molecular flexibility index (Phi) is 14.7. The highest BCUT2D eigenvalue weighted by molar-refractivity contribution is 5.92. The Morgan fingerprint density at radius 2 is 1.30 bits per heavy atom. The van der Waals surface area contributed by atoms with E-state index in [0.29, 0.717) is 12.8 Å². The molecule has 1 amide bonds. The SMILES string of the molecule is CCC=C(NC(=O)CCCCCCCCCCCCC)C(=O)O. The quantitative estimate of drug-likeness (QED) is 0.322. The van der Waals surface area contributed by atoms with Gasteiger partial charge in [-0.1, -0.05) is 84.1 Å². The molecule has 0 aromatic carbocycles. The molecule has 0 aliphatic carbocycles. The Bertz CT molecular complexity index is 351. The molecule has 0 spiro atoms. The first kappa shape index (κ1) is 21.7. The third-order valence-corrected chi connectivity index (χ3v) is 3.92. The largest absolute Gasteiger partial charge is 0.477 e. The molecule has 0 unspecified atom stereocenters. The van der Waals surface area contributed by atoms with Crippen LogP contribution in [0.15, 0.2) is 11.8 Å². The molecule has 0 saturated heterocycles. The number of hydrogen-bond acceptors (Lipinski definition) is 2. The minimum atomic E-state index is -1.07. The highest BCUT2D eigenvalue weighted by atomic mass is 16.4. The first-order valence-electron chi connectivity index (χ1n) is 9.35. The van der Waals surface area contributed by atoms with E-state index in [2.05, 4.69) is 12.2 Å².